The minimum absolute atomic E-state index is 0.173. The first-order chi connectivity index (χ1) is 7.13. The number of nitrogens with zero attached hydrogens (tertiary/aromatic N) is 1. The second-order valence-corrected chi connectivity index (χ2v) is 3.98. The summed E-state index contributed by atoms with van der Waals surface area (Å²) in [6.45, 7) is 6.37. The van der Waals surface area contributed by atoms with Crippen LogP contribution in [0.1, 0.15) is 45.3 Å². The van der Waals surface area contributed by atoms with Crippen LogP contribution in [-0.2, 0) is 0 Å². The van der Waals surface area contributed by atoms with Crippen LogP contribution in [0.25, 0.3) is 0 Å². The number of nitrogens with one attached hydrogen (secondary N) is 1. The fraction of sp³-hybridized carbons (Fsp3) is 0.583. The molecule has 1 heterocycles. The third-order valence-corrected chi connectivity index (χ3v) is 2.45. The highest BCUT2D eigenvalue weighted by Gasteiger charge is 2.09. The molecule has 1 aromatic rings. The molecule has 3 heteroatoms. The smallest absolute Gasteiger partial charge is 0.141 e. The lowest BCUT2D eigenvalue weighted by atomic mass is 10.1. The van der Waals surface area contributed by atoms with Gasteiger partial charge in [0.1, 0.15) is 5.82 Å². The molecule has 0 bridgehead atoms. The fourth-order valence-corrected chi connectivity index (χ4v) is 1.67. The van der Waals surface area contributed by atoms with E-state index in [9.17, 15) is 4.39 Å². The maximum absolute atomic E-state index is 12.7. The Morgan fingerprint density at radius 1 is 1.40 bits per heavy atom. The third kappa shape index (κ3) is 3.96. The van der Waals surface area contributed by atoms with Gasteiger partial charge in [-0.3, -0.25) is 4.98 Å². The van der Waals surface area contributed by atoms with Gasteiger partial charge in [0.25, 0.3) is 0 Å². The average Bonchev–Trinajstić information content (AvgIpc) is 2.18. The zero-order valence-electron chi connectivity index (χ0n) is 9.63. The van der Waals surface area contributed by atoms with Gasteiger partial charge in [0.05, 0.1) is 11.9 Å². The number of halogens is 1. The molecule has 15 heavy (non-hydrogen) atoms. The maximum Gasteiger partial charge on any atom is 0.141 e. The number of pyridine rings is 1. The lowest BCUT2D eigenvalue weighted by Gasteiger charge is -2.18. The predicted molar refractivity (Wildman–Crippen MR) is 60.1 cm³/mol. The second kappa shape index (κ2) is 5.81. The van der Waals surface area contributed by atoms with Crippen molar-refractivity contribution >= 4 is 0 Å². The fourth-order valence-electron chi connectivity index (χ4n) is 1.67. The molecular weight excluding hydrogens is 191 g/mol. The highest BCUT2D eigenvalue weighted by Crippen LogP contribution is 2.11. The van der Waals surface area contributed by atoms with Crippen molar-refractivity contribution in [3.05, 3.63) is 29.8 Å². The molecule has 84 valence electrons. The van der Waals surface area contributed by atoms with E-state index in [1.54, 1.807) is 6.07 Å². The lowest BCUT2D eigenvalue weighted by Crippen LogP contribution is -2.29. The van der Waals surface area contributed by atoms with Crippen molar-refractivity contribution in [2.24, 2.45) is 0 Å². The molecule has 0 aliphatic rings. The van der Waals surface area contributed by atoms with Gasteiger partial charge in [-0.15, -0.1) is 0 Å². The third-order valence-electron chi connectivity index (χ3n) is 2.45. The molecule has 0 fully saturated rings. The van der Waals surface area contributed by atoms with E-state index in [1.165, 1.54) is 12.3 Å². The largest absolute Gasteiger partial charge is 0.306 e. The molecule has 2 unspecified atom stereocenters. The molecule has 0 saturated carbocycles. The monoisotopic (exact) mass is 210 g/mol. The van der Waals surface area contributed by atoms with Crippen LogP contribution in [-0.4, -0.2) is 11.0 Å². The molecule has 0 aliphatic heterocycles. The number of hydrogen-bond acceptors (Lipinski definition) is 2. The molecule has 1 aromatic heterocycles. The summed E-state index contributed by atoms with van der Waals surface area (Å²) in [5.74, 6) is -0.285. The summed E-state index contributed by atoms with van der Waals surface area (Å²) in [7, 11) is 0. The molecule has 0 saturated heterocycles. The average molecular weight is 210 g/mol. The first-order valence-electron chi connectivity index (χ1n) is 5.51. The van der Waals surface area contributed by atoms with Gasteiger partial charge in [-0.25, -0.2) is 4.39 Å². The maximum atomic E-state index is 12.7. The summed E-state index contributed by atoms with van der Waals surface area (Å²) < 4.78 is 12.7. The first kappa shape index (κ1) is 12.1. The molecule has 2 atom stereocenters. The summed E-state index contributed by atoms with van der Waals surface area (Å²) >= 11 is 0. The van der Waals surface area contributed by atoms with Crippen molar-refractivity contribution in [1.82, 2.24) is 10.3 Å². The lowest BCUT2D eigenvalue weighted by molar-refractivity contribution is 0.446. The molecule has 0 radical (unpaired) electrons. The van der Waals surface area contributed by atoms with Crippen LogP contribution >= 0.6 is 0 Å². The Labute approximate surface area is 90.9 Å². The molecule has 1 N–H and O–H groups in total. The van der Waals surface area contributed by atoms with Crippen LogP contribution in [0.15, 0.2) is 18.3 Å². The molecule has 0 amide bonds. The van der Waals surface area contributed by atoms with Crippen molar-refractivity contribution in [1.29, 1.82) is 0 Å². The summed E-state index contributed by atoms with van der Waals surface area (Å²) in [4.78, 5) is 4.05. The van der Waals surface area contributed by atoms with Crippen molar-refractivity contribution in [2.45, 2.75) is 45.7 Å². The van der Waals surface area contributed by atoms with Gasteiger partial charge in [0.2, 0.25) is 0 Å². The van der Waals surface area contributed by atoms with Gasteiger partial charge in [-0.2, -0.15) is 0 Å². The Morgan fingerprint density at radius 3 is 2.67 bits per heavy atom. The minimum Gasteiger partial charge on any atom is -0.306 e. The van der Waals surface area contributed by atoms with Crippen LogP contribution in [0.2, 0.25) is 0 Å². The summed E-state index contributed by atoms with van der Waals surface area (Å²) in [6, 6.07) is 3.82. The highest BCUT2D eigenvalue weighted by molar-refractivity contribution is 5.09. The van der Waals surface area contributed by atoms with E-state index in [0.717, 1.165) is 18.5 Å². The Kier molecular flexibility index (Phi) is 4.69. The van der Waals surface area contributed by atoms with Crippen LogP contribution in [0.5, 0.6) is 0 Å². The second-order valence-electron chi connectivity index (χ2n) is 3.98. The van der Waals surface area contributed by atoms with Crippen LogP contribution in [0.4, 0.5) is 4.39 Å². The Morgan fingerprint density at radius 2 is 2.13 bits per heavy atom. The van der Waals surface area contributed by atoms with Gasteiger partial charge in [-0.1, -0.05) is 13.3 Å². The molecule has 2 nitrogen and oxygen atoms in total. The summed E-state index contributed by atoms with van der Waals surface area (Å²) in [5, 5.41) is 3.43. The van der Waals surface area contributed by atoms with Gasteiger partial charge < -0.3 is 5.32 Å². The van der Waals surface area contributed by atoms with Gasteiger partial charge in [0.15, 0.2) is 0 Å². The Balaban J connectivity index is 2.53. The van der Waals surface area contributed by atoms with Gasteiger partial charge >= 0.3 is 0 Å². The molecule has 0 aromatic carbocycles. The number of aromatic nitrogens is 1. The first-order valence-corrected chi connectivity index (χ1v) is 5.51. The van der Waals surface area contributed by atoms with E-state index in [4.69, 9.17) is 0 Å². The zero-order chi connectivity index (χ0) is 11.3. The van der Waals surface area contributed by atoms with E-state index in [2.05, 4.69) is 24.1 Å². The van der Waals surface area contributed by atoms with Crippen molar-refractivity contribution in [3.63, 3.8) is 0 Å². The summed E-state index contributed by atoms with van der Waals surface area (Å²) in [6.07, 6.45) is 3.57. The van der Waals surface area contributed by atoms with Crippen LogP contribution in [0, 0.1) is 5.82 Å². The minimum atomic E-state index is -0.285. The van der Waals surface area contributed by atoms with Gasteiger partial charge in [0, 0.05) is 12.1 Å². The van der Waals surface area contributed by atoms with E-state index in [-0.39, 0.29) is 11.9 Å². The summed E-state index contributed by atoms with van der Waals surface area (Å²) in [5.41, 5.74) is 0.888. The standard InChI is InChI=1S/C12H19FN2/c1-4-5-9(2)15-10(3)12-7-6-11(13)8-14-12/h6-10,15H,4-5H2,1-3H3. The topological polar surface area (TPSA) is 24.9 Å². The molecule has 0 spiro atoms. The van der Waals surface area contributed by atoms with Crippen molar-refractivity contribution in [2.75, 3.05) is 0 Å². The van der Waals surface area contributed by atoms with E-state index in [0.29, 0.717) is 6.04 Å². The van der Waals surface area contributed by atoms with Crippen molar-refractivity contribution < 1.29 is 4.39 Å². The van der Waals surface area contributed by atoms with E-state index >= 15 is 0 Å². The Bertz CT molecular complexity index is 284. The predicted octanol–water partition coefficient (Wildman–Crippen LogP) is 3.06. The quantitative estimate of drug-likeness (QED) is 0.808. The Hall–Kier alpha value is -0.960. The number of hydrogen-bond donors (Lipinski definition) is 1. The molecular formula is C12H19FN2. The molecule has 0 aliphatic carbocycles. The normalized spacial score (nSPS) is 14.9. The zero-order valence-corrected chi connectivity index (χ0v) is 9.63. The van der Waals surface area contributed by atoms with Crippen molar-refractivity contribution in [3.8, 4) is 0 Å². The van der Waals surface area contributed by atoms with E-state index in [1.807, 2.05) is 6.92 Å². The SMILES string of the molecule is CCCC(C)NC(C)c1ccc(F)cn1. The van der Waals surface area contributed by atoms with Crippen LogP contribution < -0.4 is 5.32 Å². The van der Waals surface area contributed by atoms with E-state index < -0.39 is 0 Å². The van der Waals surface area contributed by atoms with Gasteiger partial charge in [-0.05, 0) is 32.4 Å². The number of rotatable bonds is 5. The highest BCUT2D eigenvalue weighted by atomic mass is 19.1. The van der Waals surface area contributed by atoms with Crippen LogP contribution in [0.3, 0.4) is 0 Å². The molecule has 1 rings (SSSR count).